The smallest absolute Gasteiger partial charge is 0.277 e. The van der Waals surface area contributed by atoms with Crippen LogP contribution in [0.4, 0.5) is 5.69 Å². The van der Waals surface area contributed by atoms with Gasteiger partial charge in [0.1, 0.15) is 11.3 Å². The molecule has 4 rings (SSSR count). The van der Waals surface area contributed by atoms with E-state index in [0.29, 0.717) is 34.2 Å². The first kappa shape index (κ1) is 15.8. The fourth-order valence-corrected chi connectivity index (χ4v) is 3.51. The molecule has 0 spiro atoms. The minimum atomic E-state index is -0.0957. The van der Waals surface area contributed by atoms with Gasteiger partial charge in [-0.1, -0.05) is 11.6 Å². The number of amides is 1. The van der Waals surface area contributed by atoms with Gasteiger partial charge in [0.25, 0.3) is 5.91 Å². The summed E-state index contributed by atoms with van der Waals surface area (Å²) < 4.78 is 1.77. The molecule has 2 aromatic heterocycles. The van der Waals surface area contributed by atoms with Gasteiger partial charge in [0.15, 0.2) is 5.78 Å². The number of hydrogen-bond acceptors (Lipinski definition) is 3. The van der Waals surface area contributed by atoms with Gasteiger partial charge in [0.05, 0.1) is 5.69 Å². The zero-order chi connectivity index (χ0) is 17.7. The molecule has 0 bridgehead atoms. The van der Waals surface area contributed by atoms with Crippen molar-refractivity contribution in [3.63, 3.8) is 0 Å². The fourth-order valence-electron chi connectivity index (χ4n) is 3.35. The Kier molecular flexibility index (Phi) is 3.62. The molecule has 0 radical (unpaired) electrons. The van der Waals surface area contributed by atoms with Crippen LogP contribution in [0, 0.1) is 6.92 Å². The maximum absolute atomic E-state index is 13.2. The first-order chi connectivity index (χ1) is 12.0. The summed E-state index contributed by atoms with van der Waals surface area (Å²) in [5, 5.41) is 0.583. The van der Waals surface area contributed by atoms with Crippen molar-refractivity contribution >= 4 is 34.6 Å². The van der Waals surface area contributed by atoms with E-state index >= 15 is 0 Å². The van der Waals surface area contributed by atoms with Gasteiger partial charge in [-0.15, -0.1) is 0 Å². The van der Waals surface area contributed by atoms with E-state index in [9.17, 15) is 9.59 Å². The van der Waals surface area contributed by atoms with E-state index in [1.807, 2.05) is 19.1 Å². The summed E-state index contributed by atoms with van der Waals surface area (Å²) in [6, 6.07) is 8.98. The average Bonchev–Trinajstić information content (AvgIpc) is 3.13. The number of nitrogens with zero attached hydrogens (tertiary/aromatic N) is 3. The van der Waals surface area contributed by atoms with Crippen LogP contribution in [0.2, 0.25) is 5.02 Å². The summed E-state index contributed by atoms with van der Waals surface area (Å²) in [5.74, 6) is -0.0660. The molecule has 0 saturated heterocycles. The van der Waals surface area contributed by atoms with E-state index in [1.165, 1.54) is 0 Å². The fraction of sp³-hybridized carbons (Fsp3) is 0.211. The van der Waals surface area contributed by atoms with E-state index in [1.54, 1.807) is 40.6 Å². The number of anilines is 1. The summed E-state index contributed by atoms with van der Waals surface area (Å²) >= 11 is 6.02. The lowest BCUT2D eigenvalue weighted by molar-refractivity contribution is 0.0981. The van der Waals surface area contributed by atoms with Crippen molar-refractivity contribution < 1.29 is 9.59 Å². The van der Waals surface area contributed by atoms with E-state index in [4.69, 9.17) is 11.6 Å². The highest BCUT2D eigenvalue weighted by atomic mass is 35.5. The predicted molar refractivity (Wildman–Crippen MR) is 96.8 cm³/mol. The van der Waals surface area contributed by atoms with Crippen LogP contribution in [0.3, 0.4) is 0 Å². The molecule has 3 aromatic rings. The van der Waals surface area contributed by atoms with Gasteiger partial charge in [-0.3, -0.25) is 14.0 Å². The Hall–Kier alpha value is -2.66. The highest BCUT2D eigenvalue weighted by molar-refractivity contribution is 6.30. The first-order valence-corrected chi connectivity index (χ1v) is 8.43. The maximum atomic E-state index is 13.2. The lowest BCUT2D eigenvalue weighted by Crippen LogP contribution is -2.30. The van der Waals surface area contributed by atoms with Gasteiger partial charge in [0, 0.05) is 35.1 Å². The Balaban J connectivity index is 1.77. The number of fused-ring (bicyclic) bond motifs is 2. The topological polar surface area (TPSA) is 54.7 Å². The molecule has 1 amide bonds. The second-order valence-corrected chi connectivity index (χ2v) is 6.66. The number of Topliss-reactive ketones (excluding diaryl/α,β-unsaturated/α-hetero) is 1. The molecule has 25 heavy (non-hydrogen) atoms. The van der Waals surface area contributed by atoms with Crippen LogP contribution < -0.4 is 4.90 Å². The van der Waals surface area contributed by atoms with Crippen LogP contribution in [0.25, 0.3) is 5.65 Å². The van der Waals surface area contributed by atoms with E-state index < -0.39 is 0 Å². The molecule has 126 valence electrons. The van der Waals surface area contributed by atoms with Crippen molar-refractivity contribution in [3.05, 3.63) is 64.1 Å². The number of halogens is 1. The molecule has 0 fully saturated rings. The van der Waals surface area contributed by atoms with Crippen LogP contribution in [-0.4, -0.2) is 27.6 Å². The standard InChI is InChI=1S/C19H16ClN3O2/c1-11-18(23-8-6-15(20)10-17(23)21-11)19(25)22-7-5-14-9-13(12(2)24)3-4-16(14)22/h3-4,6,8-10H,5,7H2,1-2H3. The summed E-state index contributed by atoms with van der Waals surface area (Å²) in [7, 11) is 0. The van der Waals surface area contributed by atoms with Gasteiger partial charge in [-0.2, -0.15) is 0 Å². The maximum Gasteiger partial charge on any atom is 0.277 e. The van der Waals surface area contributed by atoms with Gasteiger partial charge >= 0.3 is 0 Å². The molecule has 6 heteroatoms. The van der Waals surface area contributed by atoms with Crippen LogP contribution in [0.1, 0.15) is 39.0 Å². The molecule has 1 aliphatic rings. The minimum absolute atomic E-state index is 0.0297. The first-order valence-electron chi connectivity index (χ1n) is 8.05. The molecular formula is C19H16ClN3O2. The Labute approximate surface area is 149 Å². The van der Waals surface area contributed by atoms with Crippen LogP contribution in [0.15, 0.2) is 36.5 Å². The number of ketones is 1. The second-order valence-electron chi connectivity index (χ2n) is 6.23. The third-order valence-electron chi connectivity index (χ3n) is 4.59. The highest BCUT2D eigenvalue weighted by Crippen LogP contribution is 2.31. The monoisotopic (exact) mass is 353 g/mol. The third-order valence-corrected chi connectivity index (χ3v) is 4.83. The van der Waals surface area contributed by atoms with Gasteiger partial charge in [-0.05, 0) is 50.1 Å². The molecule has 3 heterocycles. The Bertz CT molecular complexity index is 1040. The van der Waals surface area contributed by atoms with Gasteiger partial charge in [0.2, 0.25) is 0 Å². The normalized spacial score (nSPS) is 13.3. The number of carbonyl (C=O) groups excluding carboxylic acids is 2. The van der Waals surface area contributed by atoms with Crippen molar-refractivity contribution in [3.8, 4) is 0 Å². The Morgan fingerprint density at radius 1 is 1.20 bits per heavy atom. The van der Waals surface area contributed by atoms with E-state index in [2.05, 4.69) is 4.98 Å². The molecule has 0 saturated carbocycles. The molecule has 0 unspecified atom stereocenters. The molecule has 0 N–H and O–H groups in total. The summed E-state index contributed by atoms with van der Waals surface area (Å²) in [6.07, 6.45) is 2.50. The zero-order valence-electron chi connectivity index (χ0n) is 13.9. The van der Waals surface area contributed by atoms with Crippen molar-refractivity contribution in [2.24, 2.45) is 0 Å². The Morgan fingerprint density at radius 3 is 2.76 bits per heavy atom. The lowest BCUT2D eigenvalue weighted by atomic mass is 10.1. The largest absolute Gasteiger partial charge is 0.306 e. The number of pyridine rings is 1. The summed E-state index contributed by atoms with van der Waals surface area (Å²) in [5.41, 5.74) is 4.42. The van der Waals surface area contributed by atoms with Crippen LogP contribution >= 0.6 is 11.6 Å². The van der Waals surface area contributed by atoms with Crippen molar-refractivity contribution in [1.82, 2.24) is 9.38 Å². The molecule has 0 atom stereocenters. The van der Waals surface area contributed by atoms with Gasteiger partial charge < -0.3 is 4.90 Å². The SMILES string of the molecule is CC(=O)c1ccc2c(c1)CCN2C(=O)c1c(C)nc2cc(Cl)ccn12. The second kappa shape index (κ2) is 5.70. The molecule has 1 aromatic carbocycles. The lowest BCUT2D eigenvalue weighted by Gasteiger charge is -2.17. The molecule has 1 aliphatic heterocycles. The van der Waals surface area contributed by atoms with E-state index in [-0.39, 0.29) is 11.7 Å². The molecular weight excluding hydrogens is 338 g/mol. The van der Waals surface area contributed by atoms with Crippen LogP contribution in [-0.2, 0) is 6.42 Å². The highest BCUT2D eigenvalue weighted by Gasteiger charge is 2.29. The van der Waals surface area contributed by atoms with E-state index in [0.717, 1.165) is 17.7 Å². The number of aryl methyl sites for hydroxylation is 1. The molecule has 0 aliphatic carbocycles. The predicted octanol–water partition coefficient (Wildman–Crippen LogP) is 3.70. The minimum Gasteiger partial charge on any atom is -0.306 e. The molecule has 5 nitrogen and oxygen atoms in total. The number of hydrogen-bond donors (Lipinski definition) is 0. The number of benzene rings is 1. The van der Waals surface area contributed by atoms with Gasteiger partial charge in [-0.25, -0.2) is 4.98 Å². The third kappa shape index (κ3) is 2.51. The summed E-state index contributed by atoms with van der Waals surface area (Å²) in [4.78, 5) is 30.9. The van der Waals surface area contributed by atoms with Crippen molar-refractivity contribution in [2.45, 2.75) is 20.3 Å². The number of aromatic nitrogens is 2. The quantitative estimate of drug-likeness (QED) is 0.660. The Morgan fingerprint density at radius 2 is 2.00 bits per heavy atom. The summed E-state index contributed by atoms with van der Waals surface area (Å²) in [6.45, 7) is 3.96. The average molecular weight is 354 g/mol. The van der Waals surface area contributed by atoms with Crippen molar-refractivity contribution in [1.29, 1.82) is 0 Å². The number of imidazole rings is 1. The number of carbonyl (C=O) groups is 2. The van der Waals surface area contributed by atoms with Crippen molar-refractivity contribution in [2.75, 3.05) is 11.4 Å². The zero-order valence-corrected chi connectivity index (χ0v) is 14.7. The number of rotatable bonds is 2. The van der Waals surface area contributed by atoms with Crippen LogP contribution in [0.5, 0.6) is 0 Å².